The maximum Gasteiger partial charge on any atom is 0.408 e. The van der Waals surface area contributed by atoms with Gasteiger partial charge in [0.1, 0.15) is 18.2 Å². The molecule has 1 aliphatic heterocycles. The lowest BCUT2D eigenvalue weighted by atomic mass is 9.84. The van der Waals surface area contributed by atoms with E-state index in [1.54, 1.807) is 34.8 Å². The second kappa shape index (κ2) is 19.8. The Morgan fingerprint density at radius 2 is 1.78 bits per heavy atom. The van der Waals surface area contributed by atoms with Crippen LogP contribution < -0.4 is 15.6 Å². The summed E-state index contributed by atoms with van der Waals surface area (Å²) in [5.74, 6) is -0.998. The van der Waals surface area contributed by atoms with E-state index in [1.807, 2.05) is 18.5 Å². The van der Waals surface area contributed by atoms with Crippen molar-refractivity contribution in [3.8, 4) is 22.5 Å². The molecule has 4 aromatic rings. The number of carbonyl (C=O) groups excluding carboxylic acids is 3. The third-order valence-corrected chi connectivity index (χ3v) is 11.5. The van der Waals surface area contributed by atoms with E-state index < -0.39 is 35.0 Å². The predicted molar refractivity (Wildman–Crippen MR) is 236 cm³/mol. The Balaban J connectivity index is 1.57. The summed E-state index contributed by atoms with van der Waals surface area (Å²) in [6.07, 6.45) is 1.64. The van der Waals surface area contributed by atoms with E-state index in [4.69, 9.17) is 24.2 Å². The number of fused-ring (bicyclic) bond motifs is 1. The lowest BCUT2D eigenvalue weighted by Crippen LogP contribution is -2.54. The Kier molecular flexibility index (Phi) is 15.4. The average Bonchev–Trinajstić information content (AvgIpc) is 3.80. The SMILES string of the molecule is CCOC(=O)CNN(C)C(=O)[C@H](Cc1nc(-c2ccc3c(c2)c(CC(C)(C)CO)c(-c2cc(N4CCN(C)CC4)cnc2[C@H](C)OC)n3CC)cs1)NC(=O)OC(C)(C)C. The smallest absolute Gasteiger partial charge is 0.408 e. The van der Waals surface area contributed by atoms with E-state index in [-0.39, 0.29) is 32.3 Å². The van der Waals surface area contributed by atoms with Gasteiger partial charge in [-0.2, -0.15) is 0 Å². The van der Waals surface area contributed by atoms with E-state index in [2.05, 4.69) is 77.2 Å². The first-order valence-electron chi connectivity index (χ1n) is 20.7. The fourth-order valence-corrected chi connectivity index (χ4v) is 8.18. The summed E-state index contributed by atoms with van der Waals surface area (Å²) in [7, 11) is 5.34. The van der Waals surface area contributed by atoms with Gasteiger partial charge in [0.15, 0.2) is 0 Å². The van der Waals surface area contributed by atoms with Crippen LogP contribution in [0.25, 0.3) is 33.4 Å². The molecule has 0 unspecified atom stereocenters. The number of aliphatic hydroxyl groups excluding tert-OH is 1. The minimum Gasteiger partial charge on any atom is -0.465 e. The van der Waals surface area contributed by atoms with Crippen molar-refractivity contribution < 1.29 is 33.7 Å². The highest BCUT2D eigenvalue weighted by atomic mass is 32.1. The zero-order chi connectivity index (χ0) is 43.9. The fraction of sp³-hybridized carbons (Fsp3) is 0.568. The van der Waals surface area contributed by atoms with Crippen molar-refractivity contribution in [3.63, 3.8) is 0 Å². The molecule has 2 atom stereocenters. The molecule has 60 heavy (non-hydrogen) atoms. The normalized spacial score (nSPS) is 14.9. The van der Waals surface area contributed by atoms with Crippen LogP contribution in [0.4, 0.5) is 10.5 Å². The number of benzene rings is 1. The molecule has 1 aliphatic rings. The molecule has 2 amide bonds. The van der Waals surface area contributed by atoms with Gasteiger partial charge in [-0.25, -0.2) is 15.2 Å². The molecule has 328 valence electrons. The number of methoxy groups -OCH3 is 1. The third-order valence-electron chi connectivity index (χ3n) is 10.6. The van der Waals surface area contributed by atoms with Crippen molar-refractivity contribution >= 4 is 45.9 Å². The summed E-state index contributed by atoms with van der Waals surface area (Å²) in [6.45, 7) is 19.7. The molecule has 1 saturated heterocycles. The van der Waals surface area contributed by atoms with Gasteiger partial charge >= 0.3 is 12.1 Å². The molecular weight excluding hydrogens is 785 g/mol. The number of carbonyl (C=O) groups is 3. The third kappa shape index (κ3) is 11.4. The molecule has 0 bridgehead atoms. The topological polar surface area (TPSA) is 164 Å². The summed E-state index contributed by atoms with van der Waals surface area (Å²) in [5.41, 5.74) is 9.30. The molecule has 0 aliphatic carbocycles. The first-order chi connectivity index (χ1) is 28.4. The monoisotopic (exact) mass is 848 g/mol. The summed E-state index contributed by atoms with van der Waals surface area (Å²) < 4.78 is 18.7. The number of nitrogens with one attached hydrogen (secondary N) is 2. The van der Waals surface area contributed by atoms with Gasteiger partial charge in [-0.3, -0.25) is 19.6 Å². The molecular formula is C44H64N8O7S. The number of thiazole rings is 1. The number of nitrogens with zero attached hydrogens (tertiary/aromatic N) is 6. The van der Waals surface area contributed by atoms with E-state index in [0.717, 1.165) is 76.5 Å². The lowest BCUT2D eigenvalue weighted by Gasteiger charge is -2.34. The van der Waals surface area contributed by atoms with Gasteiger partial charge in [0.05, 0.1) is 46.7 Å². The van der Waals surface area contributed by atoms with Crippen molar-refractivity contribution in [2.24, 2.45) is 5.41 Å². The Hall–Kier alpha value is -4.61. The number of ether oxygens (including phenoxy) is 3. The standard InChI is InChI=1S/C44H64N8O7S/c1-12-52-36-15-14-29(35-26-60-37(47-35)22-34(48-42(56)59-43(4,5)6)41(55)50(10)46-25-38(54)58-13-2)20-31(36)33(23-44(7,8)27-53)40(52)32-21-30(24-45-39(32)28(3)57-11)51-18-16-49(9)17-19-51/h14-15,20-21,24,26,28,34,46,53H,12-13,16-19,22-23,25,27H2,1-11H3,(H,48,56)/t28-,34-/m0/s1. The van der Waals surface area contributed by atoms with E-state index in [1.165, 1.54) is 23.4 Å². The second-order valence-electron chi connectivity index (χ2n) is 17.2. The number of alkyl carbamates (subject to hydrolysis) is 1. The number of aromatic nitrogens is 3. The second-order valence-corrected chi connectivity index (χ2v) is 18.1. The maximum absolute atomic E-state index is 13.7. The number of hydrogen-bond acceptors (Lipinski definition) is 13. The summed E-state index contributed by atoms with van der Waals surface area (Å²) >= 11 is 1.39. The molecule has 3 N–H and O–H groups in total. The Morgan fingerprint density at radius 1 is 1.07 bits per heavy atom. The zero-order valence-electron chi connectivity index (χ0n) is 37.2. The van der Waals surface area contributed by atoms with E-state index >= 15 is 0 Å². The lowest BCUT2D eigenvalue weighted by molar-refractivity contribution is -0.144. The van der Waals surface area contributed by atoms with E-state index in [9.17, 15) is 19.5 Å². The number of hydrazine groups is 1. The number of esters is 1. The molecule has 1 fully saturated rings. The Labute approximate surface area is 358 Å². The van der Waals surface area contributed by atoms with Gasteiger partial charge in [-0.1, -0.05) is 19.9 Å². The number of aliphatic hydroxyl groups is 1. The van der Waals surface area contributed by atoms with Crippen LogP contribution in [0, 0.1) is 5.41 Å². The van der Waals surface area contributed by atoms with Gasteiger partial charge in [-0.15, -0.1) is 11.3 Å². The van der Waals surface area contributed by atoms with Crippen LogP contribution in [0.5, 0.6) is 0 Å². The van der Waals surface area contributed by atoms with Gasteiger partial charge < -0.3 is 39.0 Å². The molecule has 0 spiro atoms. The van der Waals surface area contributed by atoms with Crippen LogP contribution in [0.2, 0.25) is 0 Å². The minimum atomic E-state index is -1.05. The molecule has 0 radical (unpaired) electrons. The van der Waals surface area contributed by atoms with Gasteiger partial charge in [-0.05, 0) is 84.2 Å². The number of rotatable bonds is 17. The summed E-state index contributed by atoms with van der Waals surface area (Å²) in [4.78, 5) is 53.4. The van der Waals surface area contributed by atoms with Gasteiger partial charge in [0, 0.05) is 87.3 Å². The van der Waals surface area contributed by atoms with Gasteiger partial charge in [0.25, 0.3) is 5.91 Å². The Bertz CT molecular complexity index is 2120. The number of hydrogen-bond donors (Lipinski definition) is 3. The number of pyridine rings is 1. The first kappa shape index (κ1) is 46.5. The summed E-state index contributed by atoms with van der Waals surface area (Å²) in [5, 5.41) is 18.1. The number of likely N-dealkylation sites (N-methyl/N-ethyl adjacent to an activating group) is 2. The summed E-state index contributed by atoms with van der Waals surface area (Å²) in [6, 6.07) is 7.57. The van der Waals surface area contributed by atoms with Crippen LogP contribution in [-0.2, 0) is 43.2 Å². The number of aryl methyl sites for hydroxylation is 1. The van der Waals surface area contributed by atoms with Gasteiger partial charge in [0.2, 0.25) is 0 Å². The van der Waals surface area contributed by atoms with Crippen molar-refractivity contribution in [2.75, 3.05) is 72.0 Å². The Morgan fingerprint density at radius 3 is 2.42 bits per heavy atom. The molecule has 1 aromatic carbocycles. The minimum absolute atomic E-state index is 0.00600. The molecule has 5 rings (SSSR count). The molecule has 3 aromatic heterocycles. The van der Waals surface area contributed by atoms with Crippen LogP contribution in [0.15, 0.2) is 35.8 Å². The van der Waals surface area contributed by atoms with Crippen LogP contribution >= 0.6 is 11.3 Å². The molecule has 0 saturated carbocycles. The molecule has 16 heteroatoms. The average molecular weight is 849 g/mol. The number of amides is 2. The highest BCUT2D eigenvalue weighted by molar-refractivity contribution is 7.10. The fourth-order valence-electron chi connectivity index (χ4n) is 7.33. The highest BCUT2D eigenvalue weighted by Crippen LogP contribution is 2.43. The largest absolute Gasteiger partial charge is 0.465 e. The van der Waals surface area contributed by atoms with Crippen molar-refractivity contribution in [3.05, 3.63) is 52.1 Å². The highest BCUT2D eigenvalue weighted by Gasteiger charge is 2.31. The van der Waals surface area contributed by atoms with Crippen LogP contribution in [0.1, 0.15) is 77.8 Å². The quantitative estimate of drug-likeness (QED) is 0.0863. The van der Waals surface area contributed by atoms with Crippen molar-refractivity contribution in [1.29, 1.82) is 0 Å². The van der Waals surface area contributed by atoms with Crippen molar-refractivity contribution in [2.45, 2.75) is 92.5 Å². The number of anilines is 1. The molecule has 4 heterocycles. The molecule has 15 nitrogen and oxygen atoms in total. The maximum atomic E-state index is 13.7. The number of piperazine rings is 1. The van der Waals surface area contributed by atoms with E-state index in [0.29, 0.717) is 18.0 Å². The van der Waals surface area contributed by atoms with Crippen molar-refractivity contribution in [1.82, 2.24) is 35.2 Å². The van der Waals surface area contributed by atoms with Crippen LogP contribution in [0.3, 0.4) is 0 Å². The first-order valence-corrected chi connectivity index (χ1v) is 21.6. The van der Waals surface area contributed by atoms with Crippen LogP contribution in [-0.4, -0.2) is 126 Å². The zero-order valence-corrected chi connectivity index (χ0v) is 38.0. The predicted octanol–water partition coefficient (Wildman–Crippen LogP) is 5.83.